The van der Waals surface area contributed by atoms with Crippen LogP contribution in [0.1, 0.15) is 51.4 Å². The molecule has 0 aromatic rings. The molecule has 3 heteroatoms. The first kappa shape index (κ1) is 11.4. The van der Waals surface area contributed by atoms with Crippen LogP contribution in [-0.4, -0.2) is 34.5 Å². The fraction of sp³-hybridized carbons (Fsp3) is 1.00. The van der Waals surface area contributed by atoms with E-state index in [1.54, 1.807) is 0 Å². The Morgan fingerprint density at radius 1 is 1.07 bits per heavy atom. The van der Waals surface area contributed by atoms with Gasteiger partial charge < -0.3 is 15.5 Å². The van der Waals surface area contributed by atoms with Crippen LogP contribution in [0.4, 0.5) is 0 Å². The molecule has 2 aliphatic carbocycles. The summed E-state index contributed by atoms with van der Waals surface area (Å²) in [7, 11) is 0. The number of rotatable bonds is 3. The lowest BCUT2D eigenvalue weighted by Gasteiger charge is -2.36. The van der Waals surface area contributed by atoms with Gasteiger partial charge in [-0.1, -0.05) is 25.7 Å². The highest BCUT2D eigenvalue weighted by Gasteiger charge is 2.32. The number of hydrogen-bond acceptors (Lipinski definition) is 3. The number of aliphatic hydroxyl groups excluding tert-OH is 1. The second kappa shape index (κ2) is 4.81. The zero-order valence-electron chi connectivity index (χ0n) is 9.41. The Balaban J connectivity index is 1.71. The Morgan fingerprint density at radius 3 is 2.20 bits per heavy atom. The highest BCUT2D eigenvalue weighted by atomic mass is 16.3. The first-order chi connectivity index (χ1) is 7.18. The molecular weight excluding hydrogens is 190 g/mol. The van der Waals surface area contributed by atoms with Gasteiger partial charge in [0.15, 0.2) is 0 Å². The summed E-state index contributed by atoms with van der Waals surface area (Å²) in [5.74, 6) is 0. The lowest BCUT2D eigenvalue weighted by molar-refractivity contribution is 0.00628. The first-order valence-corrected chi connectivity index (χ1v) is 6.32. The van der Waals surface area contributed by atoms with Crippen molar-refractivity contribution in [1.82, 2.24) is 5.32 Å². The van der Waals surface area contributed by atoms with Gasteiger partial charge in [0.1, 0.15) is 0 Å². The zero-order valence-corrected chi connectivity index (χ0v) is 9.41. The molecule has 3 N–H and O–H groups in total. The second-order valence-electron chi connectivity index (χ2n) is 5.34. The molecule has 0 radical (unpaired) electrons. The number of hydrogen-bond donors (Lipinski definition) is 3. The van der Waals surface area contributed by atoms with E-state index >= 15 is 0 Å². The smallest absolute Gasteiger partial charge is 0.0771 e. The summed E-state index contributed by atoms with van der Waals surface area (Å²) in [6, 6.07) is 0.437. The second-order valence-corrected chi connectivity index (χ2v) is 5.34. The van der Waals surface area contributed by atoms with Gasteiger partial charge in [0.25, 0.3) is 0 Å². The molecule has 3 nitrogen and oxygen atoms in total. The average Bonchev–Trinajstić information content (AvgIpc) is 2.37. The van der Waals surface area contributed by atoms with Gasteiger partial charge in [0.2, 0.25) is 0 Å². The minimum absolute atomic E-state index is 0.105. The van der Waals surface area contributed by atoms with Crippen molar-refractivity contribution in [3.63, 3.8) is 0 Å². The molecule has 0 aliphatic heterocycles. The van der Waals surface area contributed by atoms with E-state index in [0.29, 0.717) is 12.6 Å². The standard InChI is InChI=1S/C12H23NO2/c14-11-7-10(8-11)13-9-12(15)5-3-1-2-4-6-12/h10-11,13-15H,1-9H2. The molecule has 2 fully saturated rings. The maximum Gasteiger partial charge on any atom is 0.0771 e. The van der Waals surface area contributed by atoms with Crippen LogP contribution in [0.3, 0.4) is 0 Å². The van der Waals surface area contributed by atoms with Gasteiger partial charge >= 0.3 is 0 Å². The molecule has 2 aliphatic rings. The Hall–Kier alpha value is -0.120. The van der Waals surface area contributed by atoms with E-state index in [9.17, 15) is 5.11 Å². The van der Waals surface area contributed by atoms with Gasteiger partial charge in [-0.05, 0) is 25.7 Å². The van der Waals surface area contributed by atoms with Gasteiger partial charge in [-0.25, -0.2) is 0 Å². The van der Waals surface area contributed by atoms with Crippen molar-refractivity contribution in [2.45, 2.75) is 69.1 Å². The Morgan fingerprint density at radius 2 is 1.67 bits per heavy atom. The highest BCUT2D eigenvalue weighted by Crippen LogP contribution is 2.27. The summed E-state index contributed by atoms with van der Waals surface area (Å²) >= 11 is 0. The molecule has 0 atom stereocenters. The van der Waals surface area contributed by atoms with Crippen molar-refractivity contribution < 1.29 is 10.2 Å². The van der Waals surface area contributed by atoms with Gasteiger partial charge in [0, 0.05) is 12.6 Å². The molecular formula is C12H23NO2. The van der Waals surface area contributed by atoms with Crippen molar-refractivity contribution in [2.24, 2.45) is 0 Å². The summed E-state index contributed by atoms with van der Waals surface area (Å²) < 4.78 is 0. The molecule has 0 heterocycles. The molecule has 0 spiro atoms. The predicted molar refractivity (Wildman–Crippen MR) is 59.7 cm³/mol. The fourth-order valence-electron chi connectivity index (χ4n) is 2.65. The van der Waals surface area contributed by atoms with Crippen LogP contribution in [-0.2, 0) is 0 Å². The van der Waals surface area contributed by atoms with Gasteiger partial charge in [-0.15, -0.1) is 0 Å². The molecule has 0 unspecified atom stereocenters. The lowest BCUT2D eigenvalue weighted by atomic mass is 9.87. The molecule has 2 saturated carbocycles. The Bertz CT molecular complexity index is 194. The third-order valence-electron chi connectivity index (χ3n) is 3.87. The first-order valence-electron chi connectivity index (χ1n) is 6.32. The van der Waals surface area contributed by atoms with Crippen LogP contribution in [0.2, 0.25) is 0 Å². The van der Waals surface area contributed by atoms with Gasteiger partial charge in [-0.3, -0.25) is 0 Å². The third kappa shape index (κ3) is 3.16. The summed E-state index contributed by atoms with van der Waals surface area (Å²) in [4.78, 5) is 0. The molecule has 2 rings (SSSR count). The van der Waals surface area contributed by atoms with E-state index in [0.717, 1.165) is 38.5 Å². The highest BCUT2D eigenvalue weighted by molar-refractivity contribution is 4.89. The topological polar surface area (TPSA) is 52.5 Å². The van der Waals surface area contributed by atoms with E-state index < -0.39 is 5.60 Å². The van der Waals surface area contributed by atoms with Crippen molar-refractivity contribution in [3.05, 3.63) is 0 Å². The Kier molecular flexibility index (Phi) is 3.65. The SMILES string of the molecule is OC1CC(NCC2(O)CCCCCC2)C1. The minimum Gasteiger partial charge on any atom is -0.393 e. The Labute approximate surface area is 91.9 Å². The zero-order chi connectivity index (χ0) is 10.7. The predicted octanol–water partition coefficient (Wildman–Crippen LogP) is 1.18. The summed E-state index contributed by atoms with van der Waals surface area (Å²) in [5, 5.41) is 22.9. The molecule has 15 heavy (non-hydrogen) atoms. The van der Waals surface area contributed by atoms with E-state index in [1.807, 2.05) is 0 Å². The van der Waals surface area contributed by atoms with E-state index in [4.69, 9.17) is 5.11 Å². The van der Waals surface area contributed by atoms with Crippen LogP contribution in [0.5, 0.6) is 0 Å². The van der Waals surface area contributed by atoms with Crippen molar-refractivity contribution in [2.75, 3.05) is 6.54 Å². The van der Waals surface area contributed by atoms with Crippen LogP contribution in [0, 0.1) is 0 Å². The maximum absolute atomic E-state index is 10.4. The number of nitrogens with one attached hydrogen (secondary N) is 1. The lowest BCUT2D eigenvalue weighted by Crippen LogP contribution is -2.50. The summed E-state index contributed by atoms with van der Waals surface area (Å²) in [6.07, 6.45) is 8.34. The van der Waals surface area contributed by atoms with Gasteiger partial charge in [-0.2, -0.15) is 0 Å². The van der Waals surface area contributed by atoms with Crippen LogP contribution in [0.25, 0.3) is 0 Å². The summed E-state index contributed by atoms with van der Waals surface area (Å²) in [5.41, 5.74) is -0.475. The molecule has 0 amide bonds. The monoisotopic (exact) mass is 213 g/mol. The van der Waals surface area contributed by atoms with Crippen LogP contribution in [0.15, 0.2) is 0 Å². The molecule has 0 aromatic carbocycles. The molecule has 0 saturated heterocycles. The normalized spacial score (nSPS) is 35.6. The van der Waals surface area contributed by atoms with Crippen LogP contribution >= 0.6 is 0 Å². The van der Waals surface area contributed by atoms with Crippen molar-refractivity contribution >= 4 is 0 Å². The van der Waals surface area contributed by atoms with Crippen molar-refractivity contribution in [3.8, 4) is 0 Å². The largest absolute Gasteiger partial charge is 0.393 e. The van der Waals surface area contributed by atoms with E-state index in [1.165, 1.54) is 12.8 Å². The molecule has 0 aromatic heterocycles. The maximum atomic E-state index is 10.4. The van der Waals surface area contributed by atoms with Gasteiger partial charge in [0.05, 0.1) is 11.7 Å². The molecule has 88 valence electrons. The van der Waals surface area contributed by atoms with Crippen molar-refractivity contribution in [1.29, 1.82) is 0 Å². The minimum atomic E-state index is -0.475. The quantitative estimate of drug-likeness (QED) is 0.617. The number of aliphatic hydroxyl groups is 2. The fourth-order valence-corrected chi connectivity index (χ4v) is 2.65. The average molecular weight is 213 g/mol. The summed E-state index contributed by atoms with van der Waals surface area (Å²) in [6.45, 7) is 0.713. The third-order valence-corrected chi connectivity index (χ3v) is 3.87. The van der Waals surface area contributed by atoms with E-state index in [-0.39, 0.29) is 6.10 Å². The van der Waals surface area contributed by atoms with E-state index in [2.05, 4.69) is 5.32 Å². The van der Waals surface area contributed by atoms with Crippen LogP contribution < -0.4 is 5.32 Å². The molecule has 0 bridgehead atoms.